The minimum atomic E-state index is -1.19. The normalized spacial score (nSPS) is 22.1. The molecule has 2 unspecified atom stereocenters. The number of ketones is 1. The predicted molar refractivity (Wildman–Crippen MR) is 259 cm³/mol. The monoisotopic (exact) mass is 932 g/mol. The number of ether oxygens (including phenoxy) is 1. The van der Waals surface area contributed by atoms with E-state index in [-0.39, 0.29) is 49.1 Å². The van der Waals surface area contributed by atoms with E-state index >= 15 is 4.79 Å². The van der Waals surface area contributed by atoms with Crippen molar-refractivity contribution in [2.24, 2.45) is 22.2 Å². The Kier molecular flexibility index (Phi) is 18.1. The van der Waals surface area contributed by atoms with Crippen LogP contribution in [0.2, 0.25) is 0 Å². The van der Waals surface area contributed by atoms with Crippen LogP contribution < -0.4 is 21.3 Å². The van der Waals surface area contributed by atoms with E-state index in [0.717, 1.165) is 56.1 Å². The molecule has 4 fully saturated rings. The molecule has 0 bridgehead atoms. The van der Waals surface area contributed by atoms with Crippen LogP contribution in [-0.2, 0) is 35.3 Å². The van der Waals surface area contributed by atoms with Gasteiger partial charge in [0.1, 0.15) is 18.2 Å². The molecule has 0 aromatic heterocycles. The number of Topliss-reactive ketones (excluding diaryl/α,β-unsaturated/α-hetero) is 1. The number of nitrogens with zero attached hydrogens (tertiary/aromatic N) is 3. The molecule has 4 aliphatic rings. The SMILES string of the molecule is C=CCNC(=O)C(=O)C(CC1CC1)NC(=O)[C@@H]1C[C@@H](OC(=O)N(CC)Cc2ccccc2C(C)CC)CN1C(=O)[C@@H](NC(=O)N[C@H](CN1CCC(C)(C)CC1=O)C(C)(C)C)C1(C)CCCCC1. The number of likely N-dealkylation sites (tertiary alicyclic amines) is 2. The molecular formula is C52H81N7O8. The number of urea groups is 1. The van der Waals surface area contributed by atoms with E-state index in [1.807, 2.05) is 57.7 Å². The highest BCUT2D eigenvalue weighted by molar-refractivity contribution is 6.38. The minimum Gasteiger partial charge on any atom is -0.444 e. The number of piperidine rings is 1. The molecular weight excluding hydrogens is 851 g/mol. The standard InChI is InChI=1S/C52H81N7O8/c1-11-26-53-46(63)43(61)39(28-35-21-22-35)54-45(62)40-29-37(67-49(66)57(13-3)31-36-19-15-16-20-38(36)34(4)12-2)32-59(40)47(64)44(52(10)23-17-14-18-24-52)56-48(65)55-41(50(5,6)7)33-58-27-25-51(8,9)30-42(58)60/h11,15-16,19-20,34-35,37,39-41,44H,1,12-14,17-18,21-33H2,2-10H3,(H,53,63)(H,54,62)(H2,55,56,65)/t34?,37-,39?,40+,41-,44-/m1/s1. The quantitative estimate of drug-likeness (QED) is 0.0797. The fraction of sp³-hybridized carbons (Fsp3) is 0.712. The minimum absolute atomic E-state index is 0.0421. The Morgan fingerprint density at radius 3 is 2.27 bits per heavy atom. The molecule has 7 amide bonds. The van der Waals surface area contributed by atoms with E-state index in [4.69, 9.17) is 4.74 Å². The van der Waals surface area contributed by atoms with Crippen LogP contribution in [0, 0.1) is 22.2 Å². The highest BCUT2D eigenvalue weighted by atomic mass is 16.6. The van der Waals surface area contributed by atoms with E-state index < -0.39 is 76.7 Å². The maximum absolute atomic E-state index is 15.4. The Balaban J connectivity index is 1.43. The lowest BCUT2D eigenvalue weighted by molar-refractivity contribution is -0.144. The molecule has 67 heavy (non-hydrogen) atoms. The van der Waals surface area contributed by atoms with Crippen LogP contribution in [0.1, 0.15) is 156 Å². The first-order chi connectivity index (χ1) is 31.6. The third-order valence-corrected chi connectivity index (χ3v) is 14.9. The molecule has 2 aliphatic carbocycles. The molecule has 2 aliphatic heterocycles. The van der Waals surface area contributed by atoms with Gasteiger partial charge in [-0.25, -0.2) is 9.59 Å². The first-order valence-corrected chi connectivity index (χ1v) is 25.0. The molecule has 15 heteroatoms. The number of nitrogens with one attached hydrogen (secondary N) is 4. The van der Waals surface area contributed by atoms with Crippen LogP contribution in [0.25, 0.3) is 0 Å². The van der Waals surface area contributed by atoms with Crippen molar-refractivity contribution in [2.75, 3.05) is 32.7 Å². The van der Waals surface area contributed by atoms with Gasteiger partial charge in [-0.1, -0.05) is 118 Å². The molecule has 0 spiro atoms. The summed E-state index contributed by atoms with van der Waals surface area (Å²) in [6.07, 6.45) is 8.10. The van der Waals surface area contributed by atoms with Crippen molar-refractivity contribution < 1.29 is 38.3 Å². The summed E-state index contributed by atoms with van der Waals surface area (Å²) in [4.78, 5) is 103. The number of hydrogen-bond acceptors (Lipinski definition) is 8. The molecule has 15 nitrogen and oxygen atoms in total. The summed E-state index contributed by atoms with van der Waals surface area (Å²) in [5.74, 6) is -2.28. The number of hydrogen-bond donors (Lipinski definition) is 4. The van der Waals surface area contributed by atoms with E-state index in [2.05, 4.69) is 61.6 Å². The van der Waals surface area contributed by atoms with Crippen LogP contribution in [0.15, 0.2) is 36.9 Å². The fourth-order valence-corrected chi connectivity index (χ4v) is 9.88. The zero-order valence-electron chi connectivity index (χ0n) is 42.0. The van der Waals surface area contributed by atoms with Gasteiger partial charge < -0.3 is 40.7 Å². The molecule has 6 atom stereocenters. The van der Waals surface area contributed by atoms with Crippen LogP contribution in [0.3, 0.4) is 0 Å². The zero-order chi connectivity index (χ0) is 49.3. The highest BCUT2D eigenvalue weighted by Gasteiger charge is 2.50. The van der Waals surface area contributed by atoms with Gasteiger partial charge in [0.25, 0.3) is 5.91 Å². The van der Waals surface area contributed by atoms with E-state index in [1.165, 1.54) is 11.0 Å². The van der Waals surface area contributed by atoms with Crippen LogP contribution in [0.5, 0.6) is 0 Å². The van der Waals surface area contributed by atoms with Gasteiger partial charge in [0.2, 0.25) is 23.5 Å². The lowest BCUT2D eigenvalue weighted by Gasteiger charge is -2.43. The molecule has 5 rings (SSSR count). The number of benzene rings is 1. The second-order valence-electron chi connectivity index (χ2n) is 22.0. The Labute approximate surface area is 399 Å². The van der Waals surface area contributed by atoms with Crippen molar-refractivity contribution in [3.05, 3.63) is 48.0 Å². The van der Waals surface area contributed by atoms with E-state index in [9.17, 15) is 28.8 Å². The van der Waals surface area contributed by atoms with Gasteiger partial charge in [-0.3, -0.25) is 24.0 Å². The summed E-state index contributed by atoms with van der Waals surface area (Å²) in [6.45, 7) is 23.5. The first-order valence-electron chi connectivity index (χ1n) is 25.0. The number of amides is 7. The van der Waals surface area contributed by atoms with Gasteiger partial charge in [-0.05, 0) is 78.2 Å². The number of rotatable bonds is 20. The van der Waals surface area contributed by atoms with Gasteiger partial charge in [-0.2, -0.15) is 0 Å². The van der Waals surface area contributed by atoms with Gasteiger partial charge in [0.05, 0.1) is 18.6 Å². The molecule has 372 valence electrons. The largest absolute Gasteiger partial charge is 0.444 e. The van der Waals surface area contributed by atoms with Crippen molar-refractivity contribution in [3.63, 3.8) is 0 Å². The van der Waals surface area contributed by atoms with Crippen LogP contribution >= 0.6 is 0 Å². The molecule has 1 aromatic carbocycles. The van der Waals surface area contributed by atoms with Crippen molar-refractivity contribution >= 4 is 41.5 Å². The lowest BCUT2D eigenvalue weighted by Crippen LogP contribution is -2.63. The predicted octanol–water partition coefficient (Wildman–Crippen LogP) is 6.99. The Bertz CT molecular complexity index is 1950. The maximum Gasteiger partial charge on any atom is 0.410 e. The maximum atomic E-state index is 15.4. The Hall–Kier alpha value is -4.95. The summed E-state index contributed by atoms with van der Waals surface area (Å²) < 4.78 is 6.19. The molecule has 4 N–H and O–H groups in total. The average molecular weight is 932 g/mol. The summed E-state index contributed by atoms with van der Waals surface area (Å²) in [6, 6.07) is 3.62. The molecule has 2 heterocycles. The molecule has 0 radical (unpaired) electrons. The average Bonchev–Trinajstić information content (AvgIpc) is 4.01. The Morgan fingerprint density at radius 2 is 1.66 bits per heavy atom. The summed E-state index contributed by atoms with van der Waals surface area (Å²) in [7, 11) is 0. The van der Waals surface area contributed by atoms with Gasteiger partial charge in [0, 0.05) is 45.6 Å². The number of carbonyl (C=O) groups is 7. The van der Waals surface area contributed by atoms with Gasteiger partial charge >= 0.3 is 12.1 Å². The smallest absolute Gasteiger partial charge is 0.410 e. The van der Waals surface area contributed by atoms with Gasteiger partial charge in [-0.15, -0.1) is 6.58 Å². The second kappa shape index (κ2) is 22.9. The van der Waals surface area contributed by atoms with Crippen molar-refractivity contribution in [2.45, 2.75) is 182 Å². The molecule has 1 aromatic rings. The van der Waals surface area contributed by atoms with E-state index in [1.54, 1.807) is 4.90 Å². The van der Waals surface area contributed by atoms with Gasteiger partial charge in [0.15, 0.2) is 0 Å². The van der Waals surface area contributed by atoms with Crippen molar-refractivity contribution in [3.8, 4) is 0 Å². The lowest BCUT2D eigenvalue weighted by atomic mass is 9.70. The zero-order valence-corrected chi connectivity index (χ0v) is 42.0. The number of carbonyl (C=O) groups excluding carboxylic acids is 7. The summed E-state index contributed by atoms with van der Waals surface area (Å²) >= 11 is 0. The van der Waals surface area contributed by atoms with Crippen molar-refractivity contribution in [1.82, 2.24) is 36.0 Å². The third kappa shape index (κ3) is 14.3. The Morgan fingerprint density at radius 1 is 0.970 bits per heavy atom. The summed E-state index contributed by atoms with van der Waals surface area (Å²) in [5, 5.41) is 11.6. The van der Waals surface area contributed by atoms with Crippen molar-refractivity contribution in [1.29, 1.82) is 0 Å². The highest BCUT2D eigenvalue weighted by Crippen LogP contribution is 2.41. The van der Waals surface area contributed by atoms with Crippen LogP contribution in [-0.4, -0.2) is 119 Å². The summed E-state index contributed by atoms with van der Waals surface area (Å²) in [5.41, 5.74) is 0.920. The fourth-order valence-electron chi connectivity index (χ4n) is 9.88. The third-order valence-electron chi connectivity index (χ3n) is 14.9. The molecule has 2 saturated heterocycles. The van der Waals surface area contributed by atoms with E-state index in [0.29, 0.717) is 45.4 Å². The first kappa shape index (κ1) is 53.0. The van der Waals surface area contributed by atoms with Crippen LogP contribution in [0.4, 0.5) is 9.59 Å². The molecule has 2 saturated carbocycles. The second-order valence-corrected chi connectivity index (χ2v) is 22.0. The topological polar surface area (TPSA) is 187 Å².